The van der Waals surface area contributed by atoms with Crippen LogP contribution in [0.2, 0.25) is 5.02 Å². The van der Waals surface area contributed by atoms with Crippen molar-refractivity contribution in [1.29, 1.82) is 0 Å². The van der Waals surface area contributed by atoms with E-state index in [1.807, 2.05) is 29.7 Å². The molecule has 0 unspecified atom stereocenters. The second-order valence-electron chi connectivity index (χ2n) is 7.00. The van der Waals surface area contributed by atoms with Crippen LogP contribution in [-0.2, 0) is 17.8 Å². The van der Waals surface area contributed by atoms with Crippen molar-refractivity contribution in [3.8, 4) is 5.75 Å². The third kappa shape index (κ3) is 7.12. The predicted molar refractivity (Wildman–Crippen MR) is 134 cm³/mol. The molecule has 1 N–H and O–H groups in total. The number of benzene rings is 2. The molecule has 1 heterocycles. The van der Waals surface area contributed by atoms with Gasteiger partial charge < -0.3 is 14.6 Å². The lowest BCUT2D eigenvalue weighted by atomic mass is 10.2. The van der Waals surface area contributed by atoms with Crippen molar-refractivity contribution in [2.24, 2.45) is 0 Å². The number of thioether (sulfide) groups is 1. The molecule has 0 aliphatic heterocycles. The summed E-state index contributed by atoms with van der Waals surface area (Å²) >= 11 is 10.7. The summed E-state index contributed by atoms with van der Waals surface area (Å²) in [5, 5.41) is 12.8. The monoisotopic (exact) mass is 534 g/mol. The first-order valence-corrected chi connectivity index (χ1v) is 12.2. The Kier molecular flexibility index (Phi) is 9.20. The van der Waals surface area contributed by atoms with Crippen molar-refractivity contribution < 1.29 is 9.53 Å². The fraction of sp³-hybridized carbons (Fsp3) is 0.261. The predicted octanol–water partition coefficient (Wildman–Crippen LogP) is 5.93. The Hall–Kier alpha value is -2.29. The van der Waals surface area contributed by atoms with Gasteiger partial charge in [-0.25, -0.2) is 0 Å². The molecule has 0 fully saturated rings. The maximum atomic E-state index is 12.3. The minimum atomic E-state index is -0.120. The van der Waals surface area contributed by atoms with Crippen LogP contribution in [0.1, 0.15) is 17.8 Å². The van der Waals surface area contributed by atoms with Crippen molar-refractivity contribution in [2.75, 3.05) is 17.7 Å². The molecule has 0 saturated heterocycles. The number of ether oxygens (including phenoxy) is 1. The Labute approximate surface area is 205 Å². The van der Waals surface area contributed by atoms with Gasteiger partial charge in [-0.15, -0.1) is 16.8 Å². The summed E-state index contributed by atoms with van der Waals surface area (Å²) < 4.78 is 8.92. The van der Waals surface area contributed by atoms with Crippen molar-refractivity contribution in [2.45, 2.75) is 31.5 Å². The molecule has 2 aromatic carbocycles. The number of nitrogens with one attached hydrogen (secondary N) is 1. The smallest absolute Gasteiger partial charge is 0.234 e. The number of allylic oxidation sites excluding steroid dienone is 1. The standard InChI is InChI=1S/C23H24BrClN4O2S/c1-3-12-29-21(5-4-13-31-20-11-6-17(24)14-16(20)2)27-28-23(29)32-15-22(30)26-19-9-7-18(25)8-10-19/h3,6-11,14H,1,4-5,12-13,15H2,2H3,(H,26,30). The first kappa shape index (κ1) is 24.4. The van der Waals surface area contributed by atoms with Crippen LogP contribution in [0.3, 0.4) is 0 Å². The molecule has 0 atom stereocenters. The summed E-state index contributed by atoms with van der Waals surface area (Å²) in [4.78, 5) is 12.3. The van der Waals surface area contributed by atoms with E-state index in [-0.39, 0.29) is 11.7 Å². The minimum Gasteiger partial charge on any atom is -0.493 e. The lowest BCUT2D eigenvalue weighted by molar-refractivity contribution is -0.113. The molecule has 3 rings (SSSR count). The van der Waals surface area contributed by atoms with Crippen LogP contribution in [0.4, 0.5) is 5.69 Å². The van der Waals surface area contributed by atoms with Gasteiger partial charge in [0.05, 0.1) is 12.4 Å². The highest BCUT2D eigenvalue weighted by molar-refractivity contribution is 9.10. The fourth-order valence-electron chi connectivity index (χ4n) is 2.97. The molecule has 0 saturated carbocycles. The summed E-state index contributed by atoms with van der Waals surface area (Å²) in [6.45, 7) is 7.00. The van der Waals surface area contributed by atoms with Gasteiger partial charge in [-0.3, -0.25) is 4.79 Å². The van der Waals surface area contributed by atoms with E-state index >= 15 is 0 Å². The van der Waals surface area contributed by atoms with Crippen molar-refractivity contribution in [1.82, 2.24) is 14.8 Å². The topological polar surface area (TPSA) is 69.0 Å². The van der Waals surface area contributed by atoms with E-state index in [0.717, 1.165) is 28.0 Å². The second kappa shape index (κ2) is 12.1. The Morgan fingerprint density at radius 2 is 2.06 bits per heavy atom. The third-order valence-corrected chi connectivity index (χ3v) is 6.22. The maximum absolute atomic E-state index is 12.3. The Morgan fingerprint density at radius 1 is 1.28 bits per heavy atom. The number of halogens is 2. The van der Waals surface area contributed by atoms with Crippen molar-refractivity contribution >= 4 is 50.9 Å². The van der Waals surface area contributed by atoms with E-state index in [4.69, 9.17) is 16.3 Å². The molecule has 0 bridgehead atoms. The van der Waals surface area contributed by atoms with E-state index in [1.54, 1.807) is 30.3 Å². The summed E-state index contributed by atoms with van der Waals surface area (Å²) in [7, 11) is 0. The first-order valence-electron chi connectivity index (χ1n) is 10.1. The number of anilines is 1. The molecular formula is C23H24BrClN4O2S. The van der Waals surface area contributed by atoms with Gasteiger partial charge >= 0.3 is 0 Å². The lowest BCUT2D eigenvalue weighted by Gasteiger charge is -2.10. The molecule has 6 nitrogen and oxygen atoms in total. The molecule has 0 aliphatic carbocycles. The molecule has 1 amide bonds. The van der Waals surface area contributed by atoms with Gasteiger partial charge in [0.2, 0.25) is 5.91 Å². The van der Waals surface area contributed by atoms with E-state index < -0.39 is 0 Å². The second-order valence-corrected chi connectivity index (χ2v) is 9.30. The number of rotatable bonds is 11. The van der Waals surface area contributed by atoms with E-state index in [1.165, 1.54) is 11.8 Å². The number of hydrogen-bond acceptors (Lipinski definition) is 5. The average Bonchev–Trinajstić information content (AvgIpc) is 3.14. The highest BCUT2D eigenvalue weighted by atomic mass is 79.9. The number of aromatic nitrogens is 3. The van der Waals surface area contributed by atoms with Crippen LogP contribution in [0, 0.1) is 6.92 Å². The average molecular weight is 536 g/mol. The Balaban J connectivity index is 1.52. The quantitative estimate of drug-likeness (QED) is 0.187. The maximum Gasteiger partial charge on any atom is 0.234 e. The molecule has 0 radical (unpaired) electrons. The van der Waals surface area contributed by atoms with E-state index in [9.17, 15) is 4.79 Å². The summed E-state index contributed by atoms with van der Waals surface area (Å²) in [5.74, 6) is 1.83. The summed E-state index contributed by atoms with van der Waals surface area (Å²) in [6, 6.07) is 13.0. The molecule has 32 heavy (non-hydrogen) atoms. The first-order chi connectivity index (χ1) is 15.5. The zero-order valence-electron chi connectivity index (χ0n) is 17.7. The van der Waals surface area contributed by atoms with Crippen LogP contribution in [0.5, 0.6) is 5.75 Å². The molecule has 168 valence electrons. The molecule has 3 aromatic rings. The Morgan fingerprint density at radius 3 is 2.78 bits per heavy atom. The van der Waals surface area contributed by atoms with Gasteiger partial charge in [0, 0.05) is 28.1 Å². The number of amides is 1. The third-order valence-electron chi connectivity index (χ3n) is 4.50. The number of carbonyl (C=O) groups is 1. The fourth-order valence-corrected chi connectivity index (χ4v) is 4.34. The van der Waals surface area contributed by atoms with E-state index in [2.05, 4.69) is 38.0 Å². The van der Waals surface area contributed by atoms with Crippen LogP contribution in [0.25, 0.3) is 0 Å². The van der Waals surface area contributed by atoms with Crippen molar-refractivity contribution in [3.63, 3.8) is 0 Å². The molecule has 9 heteroatoms. The Bertz CT molecular complexity index is 1070. The van der Waals surface area contributed by atoms with Gasteiger partial charge in [0.1, 0.15) is 11.6 Å². The van der Waals surface area contributed by atoms with Gasteiger partial charge in [-0.05, 0) is 61.4 Å². The van der Waals surface area contributed by atoms with Gasteiger partial charge in [0.25, 0.3) is 0 Å². The van der Waals surface area contributed by atoms with Gasteiger partial charge in [-0.1, -0.05) is 45.4 Å². The van der Waals surface area contributed by atoms with Crippen LogP contribution in [-0.4, -0.2) is 33.0 Å². The SMILES string of the molecule is C=CCn1c(CCCOc2ccc(Br)cc2C)nnc1SCC(=O)Nc1ccc(Cl)cc1. The van der Waals surface area contributed by atoms with Gasteiger partial charge in [-0.2, -0.15) is 0 Å². The summed E-state index contributed by atoms with van der Waals surface area (Å²) in [6.07, 6.45) is 3.31. The zero-order valence-corrected chi connectivity index (χ0v) is 20.8. The van der Waals surface area contributed by atoms with Crippen molar-refractivity contribution in [3.05, 3.63) is 76.0 Å². The molecular weight excluding hydrogens is 512 g/mol. The van der Waals surface area contributed by atoms with Crippen LogP contribution in [0.15, 0.2) is 64.7 Å². The molecule has 0 spiro atoms. The molecule has 0 aliphatic rings. The van der Waals surface area contributed by atoms with Gasteiger partial charge in [0.15, 0.2) is 5.16 Å². The number of carbonyl (C=O) groups excluding carboxylic acids is 1. The zero-order chi connectivity index (χ0) is 22.9. The largest absolute Gasteiger partial charge is 0.493 e. The normalized spacial score (nSPS) is 10.7. The molecule has 1 aromatic heterocycles. The highest BCUT2D eigenvalue weighted by Gasteiger charge is 2.14. The highest BCUT2D eigenvalue weighted by Crippen LogP contribution is 2.23. The van der Waals surface area contributed by atoms with E-state index in [0.29, 0.717) is 35.4 Å². The van der Waals surface area contributed by atoms with Crippen LogP contribution < -0.4 is 10.1 Å². The summed E-state index contributed by atoms with van der Waals surface area (Å²) in [5.41, 5.74) is 1.79. The number of hydrogen-bond donors (Lipinski definition) is 1. The number of nitrogens with zero attached hydrogens (tertiary/aromatic N) is 3. The van der Waals surface area contributed by atoms with Crippen LogP contribution >= 0.6 is 39.3 Å². The minimum absolute atomic E-state index is 0.120. The lowest BCUT2D eigenvalue weighted by Crippen LogP contribution is -2.14. The number of aryl methyl sites for hydroxylation is 2.